The second-order valence-corrected chi connectivity index (χ2v) is 5.28. The third kappa shape index (κ3) is 2.89. The first kappa shape index (κ1) is 13.6. The summed E-state index contributed by atoms with van der Waals surface area (Å²) in [7, 11) is 0. The highest BCUT2D eigenvalue weighted by Gasteiger charge is 2.07. The number of imidazole rings is 1. The molecule has 4 nitrogen and oxygen atoms in total. The third-order valence-corrected chi connectivity index (χ3v) is 3.55. The van der Waals surface area contributed by atoms with E-state index in [0.717, 1.165) is 35.7 Å². The van der Waals surface area contributed by atoms with Crippen LogP contribution in [0.1, 0.15) is 25.3 Å². The van der Waals surface area contributed by atoms with E-state index in [1.165, 1.54) is 12.0 Å². The molecule has 0 fully saturated rings. The van der Waals surface area contributed by atoms with Gasteiger partial charge in [0.15, 0.2) is 5.65 Å². The molecule has 3 aromatic rings. The van der Waals surface area contributed by atoms with Gasteiger partial charge in [-0.15, -0.1) is 5.10 Å². The van der Waals surface area contributed by atoms with Crippen LogP contribution in [0.2, 0.25) is 0 Å². The normalized spacial score (nSPS) is 11.0. The van der Waals surface area contributed by atoms with Gasteiger partial charge in [-0.1, -0.05) is 43.2 Å². The zero-order valence-electron chi connectivity index (χ0n) is 12.5. The van der Waals surface area contributed by atoms with Gasteiger partial charge in [0.2, 0.25) is 0 Å². The number of unbranched alkanes of at least 4 members (excludes halogenated alkanes) is 1. The molecule has 0 aliphatic heterocycles. The Morgan fingerprint density at radius 2 is 1.90 bits per heavy atom. The first-order valence-corrected chi connectivity index (χ1v) is 7.43. The maximum absolute atomic E-state index is 4.65. The highest BCUT2D eigenvalue weighted by molar-refractivity contribution is 5.63. The zero-order chi connectivity index (χ0) is 14.7. The maximum atomic E-state index is 4.65. The number of anilines is 1. The molecule has 2 heterocycles. The molecule has 0 aliphatic carbocycles. The van der Waals surface area contributed by atoms with Gasteiger partial charge in [0.1, 0.15) is 5.82 Å². The van der Waals surface area contributed by atoms with Crippen molar-refractivity contribution in [1.82, 2.24) is 14.6 Å². The molecular formula is C17H20N4. The van der Waals surface area contributed by atoms with Gasteiger partial charge in [0, 0.05) is 12.1 Å². The van der Waals surface area contributed by atoms with Crippen LogP contribution < -0.4 is 5.32 Å². The number of rotatable bonds is 5. The minimum atomic E-state index is 0.867. The number of nitrogens with one attached hydrogen (secondary N) is 1. The van der Waals surface area contributed by atoms with E-state index in [1.807, 2.05) is 22.8 Å². The topological polar surface area (TPSA) is 42.2 Å². The molecule has 4 heteroatoms. The predicted molar refractivity (Wildman–Crippen MR) is 86.6 cm³/mol. The van der Waals surface area contributed by atoms with Gasteiger partial charge in [0.25, 0.3) is 0 Å². The minimum Gasteiger partial charge on any atom is -0.369 e. The van der Waals surface area contributed by atoms with Crippen LogP contribution in [0.25, 0.3) is 16.9 Å². The Kier molecular flexibility index (Phi) is 3.86. The van der Waals surface area contributed by atoms with Crippen molar-refractivity contribution >= 4 is 11.5 Å². The van der Waals surface area contributed by atoms with E-state index in [9.17, 15) is 0 Å². The number of aromatic nitrogens is 3. The maximum Gasteiger partial charge on any atom is 0.154 e. The SMILES string of the molecule is CCCCNc1ccc2ncc(-c3ccc(C)cc3)n2n1. The molecule has 0 radical (unpaired) electrons. The van der Waals surface area contributed by atoms with Crippen molar-refractivity contribution < 1.29 is 0 Å². The van der Waals surface area contributed by atoms with Crippen LogP contribution in [0, 0.1) is 6.92 Å². The lowest BCUT2D eigenvalue weighted by atomic mass is 10.1. The lowest BCUT2D eigenvalue weighted by Crippen LogP contribution is -2.05. The van der Waals surface area contributed by atoms with Gasteiger partial charge >= 0.3 is 0 Å². The second-order valence-electron chi connectivity index (χ2n) is 5.28. The van der Waals surface area contributed by atoms with Crippen LogP contribution in [-0.4, -0.2) is 21.1 Å². The van der Waals surface area contributed by atoms with E-state index in [4.69, 9.17) is 0 Å². The predicted octanol–water partition coefficient (Wildman–Crippen LogP) is 3.92. The molecule has 0 saturated carbocycles. The monoisotopic (exact) mass is 280 g/mol. The molecule has 1 N–H and O–H groups in total. The Hall–Kier alpha value is -2.36. The quantitative estimate of drug-likeness (QED) is 0.720. The minimum absolute atomic E-state index is 0.867. The molecule has 0 spiro atoms. The van der Waals surface area contributed by atoms with Crippen molar-refractivity contribution in [3.8, 4) is 11.3 Å². The fourth-order valence-corrected chi connectivity index (χ4v) is 2.28. The van der Waals surface area contributed by atoms with E-state index >= 15 is 0 Å². The van der Waals surface area contributed by atoms with Crippen LogP contribution in [0.5, 0.6) is 0 Å². The molecule has 21 heavy (non-hydrogen) atoms. The van der Waals surface area contributed by atoms with Crippen LogP contribution in [0.4, 0.5) is 5.82 Å². The Balaban J connectivity index is 1.95. The smallest absolute Gasteiger partial charge is 0.154 e. The van der Waals surface area contributed by atoms with Crippen LogP contribution in [-0.2, 0) is 0 Å². The van der Waals surface area contributed by atoms with Gasteiger partial charge in [-0.05, 0) is 25.5 Å². The summed E-state index contributed by atoms with van der Waals surface area (Å²) >= 11 is 0. The number of fused-ring (bicyclic) bond motifs is 1. The molecule has 2 aromatic heterocycles. The van der Waals surface area contributed by atoms with E-state index in [-0.39, 0.29) is 0 Å². The lowest BCUT2D eigenvalue weighted by molar-refractivity contribution is 0.823. The lowest BCUT2D eigenvalue weighted by Gasteiger charge is -2.06. The Morgan fingerprint density at radius 3 is 2.67 bits per heavy atom. The highest BCUT2D eigenvalue weighted by Crippen LogP contribution is 2.21. The number of aryl methyl sites for hydroxylation is 1. The van der Waals surface area contributed by atoms with Gasteiger partial charge in [0.05, 0.1) is 11.9 Å². The van der Waals surface area contributed by atoms with Gasteiger partial charge < -0.3 is 5.32 Å². The first-order valence-electron chi connectivity index (χ1n) is 7.43. The molecule has 0 saturated heterocycles. The van der Waals surface area contributed by atoms with Crippen molar-refractivity contribution in [1.29, 1.82) is 0 Å². The standard InChI is InChI=1S/C17H20N4/c1-3-4-11-18-16-9-10-17-19-12-15(21(17)20-16)14-7-5-13(2)6-8-14/h5-10,12H,3-4,11H2,1-2H3,(H,18,20). The Morgan fingerprint density at radius 1 is 1.10 bits per heavy atom. The average Bonchev–Trinajstić information content (AvgIpc) is 2.92. The Bertz CT molecular complexity index is 728. The number of hydrogen-bond donors (Lipinski definition) is 1. The van der Waals surface area contributed by atoms with Crippen molar-refractivity contribution in [2.75, 3.05) is 11.9 Å². The van der Waals surface area contributed by atoms with Crippen molar-refractivity contribution in [3.05, 3.63) is 48.2 Å². The summed E-state index contributed by atoms with van der Waals surface area (Å²) in [5.41, 5.74) is 4.27. The summed E-state index contributed by atoms with van der Waals surface area (Å²) in [6, 6.07) is 12.4. The molecular weight excluding hydrogens is 260 g/mol. The van der Waals surface area contributed by atoms with Crippen LogP contribution in [0.3, 0.4) is 0 Å². The summed E-state index contributed by atoms with van der Waals surface area (Å²) in [4.78, 5) is 4.43. The summed E-state index contributed by atoms with van der Waals surface area (Å²) < 4.78 is 1.90. The number of benzene rings is 1. The molecule has 0 unspecified atom stereocenters. The first-order chi connectivity index (χ1) is 10.3. The summed E-state index contributed by atoms with van der Waals surface area (Å²) in [5.74, 6) is 0.891. The third-order valence-electron chi connectivity index (χ3n) is 3.55. The van der Waals surface area contributed by atoms with Gasteiger partial charge in [-0.2, -0.15) is 0 Å². The molecule has 0 atom stereocenters. The molecule has 108 valence electrons. The zero-order valence-corrected chi connectivity index (χ0v) is 12.5. The van der Waals surface area contributed by atoms with Gasteiger partial charge in [-0.3, -0.25) is 0 Å². The number of nitrogens with zero attached hydrogens (tertiary/aromatic N) is 3. The number of hydrogen-bond acceptors (Lipinski definition) is 3. The van der Waals surface area contributed by atoms with E-state index in [1.54, 1.807) is 0 Å². The largest absolute Gasteiger partial charge is 0.369 e. The van der Waals surface area contributed by atoms with Gasteiger partial charge in [-0.25, -0.2) is 9.50 Å². The molecule has 0 bridgehead atoms. The molecule has 0 amide bonds. The summed E-state index contributed by atoms with van der Waals surface area (Å²) in [6.45, 7) is 5.22. The van der Waals surface area contributed by atoms with Crippen molar-refractivity contribution in [3.63, 3.8) is 0 Å². The van der Waals surface area contributed by atoms with E-state index in [2.05, 4.69) is 53.5 Å². The van der Waals surface area contributed by atoms with Crippen molar-refractivity contribution in [2.45, 2.75) is 26.7 Å². The van der Waals surface area contributed by atoms with E-state index < -0.39 is 0 Å². The molecule has 3 rings (SSSR count). The summed E-state index contributed by atoms with van der Waals surface area (Å²) in [6.07, 6.45) is 4.20. The second kappa shape index (κ2) is 5.95. The molecule has 0 aliphatic rings. The van der Waals surface area contributed by atoms with Crippen LogP contribution in [0.15, 0.2) is 42.6 Å². The Labute approximate surface area is 124 Å². The fourth-order valence-electron chi connectivity index (χ4n) is 2.28. The average molecular weight is 280 g/mol. The molecule has 1 aromatic carbocycles. The van der Waals surface area contributed by atoms with Crippen LogP contribution >= 0.6 is 0 Å². The fraction of sp³-hybridized carbons (Fsp3) is 0.294. The van der Waals surface area contributed by atoms with Crippen molar-refractivity contribution in [2.24, 2.45) is 0 Å². The summed E-state index contributed by atoms with van der Waals surface area (Å²) in [5, 5.41) is 8.00. The van der Waals surface area contributed by atoms with E-state index in [0.29, 0.717) is 0 Å². The highest BCUT2D eigenvalue weighted by atomic mass is 15.3.